The number of hydrogen-bond acceptors (Lipinski definition) is 2. The van der Waals surface area contributed by atoms with E-state index in [9.17, 15) is 0 Å². The molecule has 2 heteroatoms. The number of rotatable bonds is 0. The van der Waals surface area contributed by atoms with Gasteiger partial charge in [-0.25, -0.2) is 0 Å². The van der Waals surface area contributed by atoms with Crippen LogP contribution < -0.4 is 4.74 Å². The Morgan fingerprint density at radius 1 is 1.18 bits per heavy atom. The molecule has 1 heterocycles. The second kappa shape index (κ2) is 3.44. The van der Waals surface area contributed by atoms with E-state index < -0.39 is 0 Å². The molecule has 1 aromatic carbocycles. The molecule has 0 atom stereocenters. The zero-order valence-corrected chi connectivity index (χ0v) is 11.7. The molecular weight excluding hydrogens is 228 g/mol. The molecule has 3 rings (SSSR count). The molecule has 1 aromatic rings. The molecule has 1 aliphatic heterocycles. The fourth-order valence-corrected chi connectivity index (χ4v) is 3.13. The third kappa shape index (κ3) is 1.77. The van der Waals surface area contributed by atoms with Crippen LogP contribution in [-0.2, 0) is 10.8 Å². The highest BCUT2D eigenvalue weighted by Crippen LogP contribution is 2.57. The second-order valence-corrected chi connectivity index (χ2v) is 7.02. The van der Waals surface area contributed by atoms with E-state index >= 15 is 0 Å². The van der Waals surface area contributed by atoms with E-state index in [0.29, 0.717) is 5.41 Å². The molecule has 2 aliphatic rings. The molecule has 1 nitrogen and oxygen atoms in total. The third-order valence-electron chi connectivity index (χ3n) is 4.13. The topological polar surface area (TPSA) is 9.23 Å². The van der Waals surface area contributed by atoms with Gasteiger partial charge >= 0.3 is 0 Å². The van der Waals surface area contributed by atoms with Crippen molar-refractivity contribution in [2.75, 3.05) is 6.61 Å². The molecule has 0 saturated heterocycles. The fourth-order valence-electron chi connectivity index (χ4n) is 2.87. The standard InChI is InChI=1S/C15H20OS/c1-14(2,3)11-8-10(17)9-12-13(11)16-7-6-15(12)4-5-15/h8-9,17H,4-7H2,1-3H3. The summed E-state index contributed by atoms with van der Waals surface area (Å²) in [6.07, 6.45) is 3.83. The van der Waals surface area contributed by atoms with E-state index in [2.05, 4.69) is 45.5 Å². The summed E-state index contributed by atoms with van der Waals surface area (Å²) in [6.45, 7) is 7.61. The number of benzene rings is 1. The molecule has 0 unspecified atom stereocenters. The van der Waals surface area contributed by atoms with Crippen molar-refractivity contribution in [3.05, 3.63) is 23.3 Å². The lowest BCUT2D eigenvalue weighted by Gasteiger charge is -2.32. The Hall–Kier alpha value is -0.630. The molecule has 0 radical (unpaired) electrons. The lowest BCUT2D eigenvalue weighted by molar-refractivity contribution is 0.253. The predicted octanol–water partition coefficient (Wildman–Crippen LogP) is 4.09. The summed E-state index contributed by atoms with van der Waals surface area (Å²) < 4.78 is 5.98. The van der Waals surface area contributed by atoms with Crippen LogP contribution in [0, 0.1) is 0 Å². The van der Waals surface area contributed by atoms with Crippen LogP contribution >= 0.6 is 12.6 Å². The lowest BCUT2D eigenvalue weighted by Crippen LogP contribution is -2.24. The van der Waals surface area contributed by atoms with Gasteiger partial charge in [0, 0.05) is 21.4 Å². The van der Waals surface area contributed by atoms with Gasteiger partial charge in [-0.2, -0.15) is 0 Å². The van der Waals surface area contributed by atoms with Crippen molar-refractivity contribution in [1.29, 1.82) is 0 Å². The van der Waals surface area contributed by atoms with Crippen molar-refractivity contribution in [2.45, 2.75) is 55.8 Å². The van der Waals surface area contributed by atoms with Gasteiger partial charge in [-0.3, -0.25) is 0 Å². The van der Waals surface area contributed by atoms with Gasteiger partial charge in [0.1, 0.15) is 5.75 Å². The number of hydrogen-bond donors (Lipinski definition) is 1. The minimum absolute atomic E-state index is 0.121. The Morgan fingerprint density at radius 2 is 1.88 bits per heavy atom. The lowest BCUT2D eigenvalue weighted by atomic mass is 9.80. The summed E-state index contributed by atoms with van der Waals surface area (Å²) in [7, 11) is 0. The van der Waals surface area contributed by atoms with Crippen LogP contribution in [0.15, 0.2) is 17.0 Å². The van der Waals surface area contributed by atoms with Gasteiger partial charge in [-0.15, -0.1) is 12.6 Å². The van der Waals surface area contributed by atoms with Crippen molar-refractivity contribution in [1.82, 2.24) is 0 Å². The van der Waals surface area contributed by atoms with Crippen molar-refractivity contribution in [2.24, 2.45) is 0 Å². The van der Waals surface area contributed by atoms with Crippen LogP contribution in [0.3, 0.4) is 0 Å². The van der Waals surface area contributed by atoms with E-state index in [4.69, 9.17) is 4.74 Å². The molecule has 1 saturated carbocycles. The van der Waals surface area contributed by atoms with Crippen molar-refractivity contribution < 1.29 is 4.74 Å². The number of ether oxygens (including phenoxy) is 1. The van der Waals surface area contributed by atoms with Crippen LogP contribution in [0.1, 0.15) is 51.2 Å². The smallest absolute Gasteiger partial charge is 0.126 e. The second-order valence-electron chi connectivity index (χ2n) is 6.50. The first-order chi connectivity index (χ1) is 7.92. The van der Waals surface area contributed by atoms with Gasteiger partial charge in [0.05, 0.1) is 6.61 Å². The fraction of sp³-hybridized carbons (Fsp3) is 0.600. The molecule has 0 amide bonds. The first-order valence-electron chi connectivity index (χ1n) is 6.43. The maximum atomic E-state index is 5.98. The summed E-state index contributed by atoms with van der Waals surface area (Å²) in [6, 6.07) is 4.39. The molecule has 0 aromatic heterocycles. The maximum absolute atomic E-state index is 5.98. The Morgan fingerprint density at radius 3 is 2.47 bits per heavy atom. The number of fused-ring (bicyclic) bond motifs is 2. The average molecular weight is 248 g/mol. The van der Waals surface area contributed by atoms with Crippen molar-refractivity contribution >= 4 is 12.6 Å². The normalized spacial score (nSPS) is 20.9. The summed E-state index contributed by atoms with van der Waals surface area (Å²) in [5.41, 5.74) is 3.29. The monoisotopic (exact) mass is 248 g/mol. The van der Waals surface area contributed by atoms with E-state index in [-0.39, 0.29) is 5.41 Å². The highest BCUT2D eigenvalue weighted by Gasteiger charge is 2.48. The van der Waals surface area contributed by atoms with Gasteiger partial charge in [0.15, 0.2) is 0 Å². The minimum Gasteiger partial charge on any atom is -0.493 e. The molecular formula is C15H20OS. The van der Waals surface area contributed by atoms with Gasteiger partial charge in [0.2, 0.25) is 0 Å². The highest BCUT2D eigenvalue weighted by atomic mass is 32.1. The average Bonchev–Trinajstić information content (AvgIpc) is 2.98. The van der Waals surface area contributed by atoms with E-state index in [1.54, 1.807) is 0 Å². The van der Waals surface area contributed by atoms with Crippen LogP contribution in [0.25, 0.3) is 0 Å². The largest absolute Gasteiger partial charge is 0.493 e. The van der Waals surface area contributed by atoms with Gasteiger partial charge in [-0.1, -0.05) is 20.8 Å². The Labute approximate surface area is 109 Å². The van der Waals surface area contributed by atoms with E-state index in [1.807, 2.05) is 0 Å². The highest BCUT2D eigenvalue weighted by molar-refractivity contribution is 7.80. The quantitative estimate of drug-likeness (QED) is 0.680. The summed E-state index contributed by atoms with van der Waals surface area (Å²) in [4.78, 5) is 1.07. The summed E-state index contributed by atoms with van der Waals surface area (Å²) in [5, 5.41) is 0. The molecule has 1 fully saturated rings. The number of thiol groups is 1. The minimum atomic E-state index is 0.121. The predicted molar refractivity (Wildman–Crippen MR) is 73.4 cm³/mol. The Kier molecular flexibility index (Phi) is 2.32. The van der Waals surface area contributed by atoms with Crippen LogP contribution in [0.2, 0.25) is 0 Å². The van der Waals surface area contributed by atoms with Crippen molar-refractivity contribution in [3.8, 4) is 5.75 Å². The molecule has 17 heavy (non-hydrogen) atoms. The first-order valence-corrected chi connectivity index (χ1v) is 6.88. The first kappa shape index (κ1) is 11.5. The zero-order chi connectivity index (χ0) is 12.3. The van der Waals surface area contributed by atoms with Crippen LogP contribution in [0.5, 0.6) is 5.75 Å². The van der Waals surface area contributed by atoms with Crippen LogP contribution in [0.4, 0.5) is 0 Å². The van der Waals surface area contributed by atoms with Gasteiger partial charge in [-0.05, 0) is 36.8 Å². The van der Waals surface area contributed by atoms with Gasteiger partial charge < -0.3 is 4.74 Å². The molecule has 92 valence electrons. The van der Waals surface area contributed by atoms with Crippen molar-refractivity contribution in [3.63, 3.8) is 0 Å². The summed E-state index contributed by atoms with van der Waals surface area (Å²) >= 11 is 4.57. The SMILES string of the molecule is CC(C)(C)c1cc(S)cc2c1OCCC21CC1. The van der Waals surface area contributed by atoms with E-state index in [0.717, 1.165) is 17.3 Å². The van der Waals surface area contributed by atoms with Crippen LogP contribution in [-0.4, -0.2) is 6.61 Å². The Bertz CT molecular complexity index is 449. The molecule has 1 aliphatic carbocycles. The molecule has 0 N–H and O–H groups in total. The van der Waals surface area contributed by atoms with E-state index in [1.165, 1.54) is 30.4 Å². The zero-order valence-electron chi connectivity index (χ0n) is 10.8. The Balaban J connectivity index is 2.22. The molecule has 0 bridgehead atoms. The maximum Gasteiger partial charge on any atom is 0.126 e. The molecule has 1 spiro atoms. The van der Waals surface area contributed by atoms with Gasteiger partial charge in [0.25, 0.3) is 0 Å². The third-order valence-corrected chi connectivity index (χ3v) is 4.39. The summed E-state index contributed by atoms with van der Waals surface area (Å²) in [5.74, 6) is 1.15.